The third kappa shape index (κ3) is 4.66. The summed E-state index contributed by atoms with van der Waals surface area (Å²) in [5.74, 6) is 1.12. The molecular formula is C19H22N2O5. The van der Waals surface area contributed by atoms with E-state index < -0.39 is 0 Å². The van der Waals surface area contributed by atoms with E-state index in [2.05, 4.69) is 5.32 Å². The van der Waals surface area contributed by atoms with E-state index in [1.165, 1.54) is 18.9 Å². The van der Waals surface area contributed by atoms with Gasteiger partial charge in [-0.1, -0.05) is 0 Å². The molecule has 0 atom stereocenters. The van der Waals surface area contributed by atoms with Crippen LogP contribution >= 0.6 is 0 Å². The molecule has 7 nitrogen and oxygen atoms in total. The minimum Gasteiger partial charge on any atom is -0.497 e. The molecule has 0 radical (unpaired) electrons. The molecular weight excluding hydrogens is 336 g/mol. The predicted molar refractivity (Wildman–Crippen MR) is 99.2 cm³/mol. The largest absolute Gasteiger partial charge is 0.497 e. The highest BCUT2D eigenvalue weighted by Gasteiger charge is 2.20. The zero-order valence-corrected chi connectivity index (χ0v) is 15.2. The van der Waals surface area contributed by atoms with Gasteiger partial charge in [-0.2, -0.15) is 0 Å². The van der Waals surface area contributed by atoms with Crippen LogP contribution in [0.15, 0.2) is 42.5 Å². The molecule has 0 fully saturated rings. The monoisotopic (exact) mass is 358 g/mol. The van der Waals surface area contributed by atoms with Gasteiger partial charge in [0.05, 0.1) is 27.0 Å². The van der Waals surface area contributed by atoms with Gasteiger partial charge < -0.3 is 19.5 Å². The van der Waals surface area contributed by atoms with Crippen LogP contribution in [0.4, 0.5) is 11.4 Å². The van der Waals surface area contributed by atoms with Gasteiger partial charge in [0.1, 0.15) is 23.8 Å². The van der Waals surface area contributed by atoms with Gasteiger partial charge in [0.15, 0.2) is 0 Å². The van der Waals surface area contributed by atoms with Gasteiger partial charge in [0.25, 0.3) is 0 Å². The Labute approximate surface area is 152 Å². The molecule has 2 aromatic rings. The molecule has 0 bridgehead atoms. The molecule has 0 saturated heterocycles. The number of methoxy groups -OCH3 is 3. The fourth-order valence-electron chi connectivity index (χ4n) is 2.39. The van der Waals surface area contributed by atoms with Crippen LogP contribution in [-0.2, 0) is 9.59 Å². The molecule has 0 aromatic heterocycles. The third-order valence-electron chi connectivity index (χ3n) is 3.73. The van der Waals surface area contributed by atoms with Crippen LogP contribution in [0.25, 0.3) is 0 Å². The second kappa shape index (κ2) is 8.75. The third-order valence-corrected chi connectivity index (χ3v) is 3.73. The van der Waals surface area contributed by atoms with Crippen LogP contribution in [0.3, 0.4) is 0 Å². The standard InChI is InChI=1S/C19H22N2O5/c1-13(22)21(17-10-9-16(25-3)11-18(17)26-4)12-19(23)20-14-5-7-15(24-2)8-6-14/h5-11H,12H2,1-4H3,(H,20,23). The van der Waals surface area contributed by atoms with E-state index in [9.17, 15) is 9.59 Å². The molecule has 138 valence electrons. The summed E-state index contributed by atoms with van der Waals surface area (Å²) in [6, 6.07) is 12.0. The lowest BCUT2D eigenvalue weighted by molar-refractivity contribution is -0.120. The fourth-order valence-corrected chi connectivity index (χ4v) is 2.39. The number of carbonyl (C=O) groups excluding carboxylic acids is 2. The van der Waals surface area contributed by atoms with Crippen molar-refractivity contribution in [3.63, 3.8) is 0 Å². The van der Waals surface area contributed by atoms with Crippen molar-refractivity contribution >= 4 is 23.2 Å². The number of carbonyl (C=O) groups is 2. The van der Waals surface area contributed by atoms with E-state index >= 15 is 0 Å². The first-order chi connectivity index (χ1) is 12.5. The Morgan fingerprint density at radius 3 is 2.08 bits per heavy atom. The van der Waals surface area contributed by atoms with Crippen LogP contribution in [0.2, 0.25) is 0 Å². The van der Waals surface area contributed by atoms with E-state index in [4.69, 9.17) is 14.2 Å². The van der Waals surface area contributed by atoms with Crippen LogP contribution in [0.1, 0.15) is 6.92 Å². The highest BCUT2D eigenvalue weighted by Crippen LogP contribution is 2.32. The number of rotatable bonds is 7. The average Bonchev–Trinajstić information content (AvgIpc) is 2.66. The molecule has 0 aliphatic heterocycles. The van der Waals surface area contributed by atoms with Crippen molar-refractivity contribution in [2.24, 2.45) is 0 Å². The highest BCUT2D eigenvalue weighted by atomic mass is 16.5. The molecule has 26 heavy (non-hydrogen) atoms. The topological polar surface area (TPSA) is 77.1 Å². The summed E-state index contributed by atoms with van der Waals surface area (Å²) in [6.45, 7) is 1.24. The van der Waals surface area contributed by atoms with Gasteiger partial charge in [-0.3, -0.25) is 14.5 Å². The van der Waals surface area contributed by atoms with Crippen molar-refractivity contribution in [3.05, 3.63) is 42.5 Å². The lowest BCUT2D eigenvalue weighted by Crippen LogP contribution is -2.36. The Morgan fingerprint density at radius 1 is 0.923 bits per heavy atom. The summed E-state index contributed by atoms with van der Waals surface area (Å²) in [4.78, 5) is 25.8. The minimum atomic E-state index is -0.330. The first-order valence-electron chi connectivity index (χ1n) is 7.92. The molecule has 0 unspecified atom stereocenters. The molecule has 0 aliphatic rings. The Morgan fingerprint density at radius 2 is 1.54 bits per heavy atom. The van der Waals surface area contributed by atoms with Crippen LogP contribution < -0.4 is 24.4 Å². The predicted octanol–water partition coefficient (Wildman–Crippen LogP) is 2.70. The van der Waals surface area contributed by atoms with Crippen LogP contribution in [0, 0.1) is 0 Å². The molecule has 1 N–H and O–H groups in total. The molecule has 2 aromatic carbocycles. The summed E-state index contributed by atoms with van der Waals surface area (Å²) in [7, 11) is 4.61. The summed E-state index contributed by atoms with van der Waals surface area (Å²) < 4.78 is 15.6. The number of ether oxygens (including phenoxy) is 3. The summed E-state index contributed by atoms with van der Waals surface area (Å²) in [5.41, 5.74) is 1.10. The van der Waals surface area contributed by atoms with Crippen molar-refractivity contribution in [2.75, 3.05) is 38.1 Å². The van der Waals surface area contributed by atoms with Crippen LogP contribution in [0.5, 0.6) is 17.2 Å². The van der Waals surface area contributed by atoms with Crippen molar-refractivity contribution in [3.8, 4) is 17.2 Å². The van der Waals surface area contributed by atoms with E-state index in [1.54, 1.807) is 56.7 Å². The van der Waals surface area contributed by atoms with Gasteiger partial charge >= 0.3 is 0 Å². The van der Waals surface area contributed by atoms with Crippen molar-refractivity contribution in [1.82, 2.24) is 0 Å². The Bertz CT molecular complexity index is 774. The number of hydrogen-bond acceptors (Lipinski definition) is 5. The number of anilines is 2. The SMILES string of the molecule is COc1ccc(NC(=O)CN(C(C)=O)c2ccc(OC)cc2OC)cc1. The van der Waals surface area contributed by atoms with Crippen molar-refractivity contribution in [2.45, 2.75) is 6.92 Å². The van der Waals surface area contributed by atoms with Crippen molar-refractivity contribution in [1.29, 1.82) is 0 Å². The molecule has 0 saturated carbocycles. The number of amides is 2. The van der Waals surface area contributed by atoms with Gasteiger partial charge in [-0.25, -0.2) is 0 Å². The first kappa shape index (κ1) is 19.1. The quantitative estimate of drug-likeness (QED) is 0.823. The highest BCUT2D eigenvalue weighted by molar-refractivity contribution is 6.02. The molecule has 2 amide bonds. The average molecular weight is 358 g/mol. The van der Waals surface area contributed by atoms with E-state index in [0.29, 0.717) is 28.6 Å². The van der Waals surface area contributed by atoms with Gasteiger partial charge in [-0.05, 0) is 36.4 Å². The van der Waals surface area contributed by atoms with E-state index in [-0.39, 0.29) is 18.4 Å². The zero-order valence-electron chi connectivity index (χ0n) is 15.2. The van der Waals surface area contributed by atoms with Gasteiger partial charge in [0.2, 0.25) is 11.8 Å². The van der Waals surface area contributed by atoms with Gasteiger partial charge in [-0.15, -0.1) is 0 Å². The molecule has 0 aliphatic carbocycles. The fraction of sp³-hybridized carbons (Fsp3) is 0.263. The maximum Gasteiger partial charge on any atom is 0.244 e. The summed E-state index contributed by atoms with van der Waals surface area (Å²) >= 11 is 0. The van der Waals surface area contributed by atoms with Crippen molar-refractivity contribution < 1.29 is 23.8 Å². The maximum atomic E-state index is 12.4. The second-order valence-corrected chi connectivity index (χ2v) is 5.42. The van der Waals surface area contributed by atoms with Crippen LogP contribution in [-0.4, -0.2) is 39.7 Å². The van der Waals surface area contributed by atoms with E-state index in [0.717, 1.165) is 0 Å². The Balaban J connectivity index is 2.17. The summed E-state index contributed by atoms with van der Waals surface area (Å²) in [6.07, 6.45) is 0. The zero-order chi connectivity index (χ0) is 19.1. The maximum absolute atomic E-state index is 12.4. The second-order valence-electron chi connectivity index (χ2n) is 5.42. The van der Waals surface area contributed by atoms with E-state index in [1.807, 2.05) is 0 Å². The number of nitrogens with one attached hydrogen (secondary N) is 1. The molecule has 0 heterocycles. The Hall–Kier alpha value is -3.22. The number of benzene rings is 2. The van der Waals surface area contributed by atoms with Gasteiger partial charge in [0, 0.05) is 18.7 Å². The summed E-state index contributed by atoms with van der Waals surface area (Å²) in [5, 5.41) is 2.75. The lowest BCUT2D eigenvalue weighted by atomic mass is 10.2. The molecule has 2 rings (SSSR count). The lowest BCUT2D eigenvalue weighted by Gasteiger charge is -2.23. The first-order valence-corrected chi connectivity index (χ1v) is 7.92. The Kier molecular flexibility index (Phi) is 6.43. The smallest absolute Gasteiger partial charge is 0.244 e. The number of hydrogen-bond donors (Lipinski definition) is 1. The number of nitrogens with zero attached hydrogens (tertiary/aromatic N) is 1. The molecule has 0 spiro atoms. The normalized spacial score (nSPS) is 10.0. The molecule has 7 heteroatoms. The minimum absolute atomic E-state index is 0.149.